The molecule has 0 radical (unpaired) electrons. The van der Waals surface area contributed by atoms with Gasteiger partial charge >= 0.3 is 0 Å². The van der Waals surface area contributed by atoms with Gasteiger partial charge in [-0.25, -0.2) is 0 Å². The molecule has 88 valence electrons. The highest BCUT2D eigenvalue weighted by Crippen LogP contribution is 2.20. The van der Waals surface area contributed by atoms with Crippen molar-refractivity contribution < 1.29 is 9.90 Å². The molecule has 2 atom stereocenters. The molecule has 0 saturated carbocycles. The van der Waals surface area contributed by atoms with E-state index in [1.165, 1.54) is 12.5 Å². The quantitative estimate of drug-likeness (QED) is 0.820. The second-order valence-corrected chi connectivity index (χ2v) is 4.10. The molecule has 3 heteroatoms. The number of amides is 1. The zero-order valence-electron chi connectivity index (χ0n) is 10.0. The molecule has 0 aliphatic carbocycles. The van der Waals surface area contributed by atoms with E-state index in [1.54, 1.807) is 0 Å². The number of aliphatic hydroxyl groups is 1. The van der Waals surface area contributed by atoms with E-state index in [2.05, 4.69) is 19.2 Å². The fourth-order valence-corrected chi connectivity index (χ4v) is 1.38. The predicted molar refractivity (Wildman–Crippen MR) is 65.5 cm³/mol. The van der Waals surface area contributed by atoms with Crippen LogP contribution in [0.3, 0.4) is 0 Å². The van der Waals surface area contributed by atoms with Crippen molar-refractivity contribution in [3.63, 3.8) is 0 Å². The number of rotatable bonds is 4. The molecule has 0 bridgehead atoms. The van der Waals surface area contributed by atoms with Crippen molar-refractivity contribution in [2.45, 2.75) is 39.2 Å². The fourth-order valence-electron chi connectivity index (χ4n) is 1.38. The predicted octanol–water partition coefficient (Wildman–Crippen LogP) is 2.52. The van der Waals surface area contributed by atoms with Crippen LogP contribution in [0.5, 0.6) is 0 Å². The van der Waals surface area contributed by atoms with Crippen molar-refractivity contribution in [2.24, 2.45) is 0 Å². The third kappa shape index (κ3) is 3.35. The Balaban J connectivity index is 2.68. The largest absolute Gasteiger partial charge is 0.384 e. The molecule has 1 amide bonds. The number of aliphatic hydroxyl groups excluding tert-OH is 1. The maximum Gasteiger partial charge on any atom is 0.252 e. The van der Waals surface area contributed by atoms with Crippen LogP contribution in [0.1, 0.15) is 38.7 Å². The van der Waals surface area contributed by atoms with Gasteiger partial charge in [-0.2, -0.15) is 0 Å². The van der Waals surface area contributed by atoms with Gasteiger partial charge in [-0.15, -0.1) is 0 Å². The summed E-state index contributed by atoms with van der Waals surface area (Å²) in [7, 11) is 0. The van der Waals surface area contributed by atoms with Gasteiger partial charge in [-0.3, -0.25) is 4.79 Å². The number of hydrogen-bond donors (Lipinski definition) is 2. The maximum atomic E-state index is 11.2. The van der Waals surface area contributed by atoms with Crippen molar-refractivity contribution in [3.05, 3.63) is 29.8 Å². The lowest BCUT2D eigenvalue weighted by atomic mass is 9.99. The lowest BCUT2D eigenvalue weighted by molar-refractivity contribution is -0.123. The zero-order valence-corrected chi connectivity index (χ0v) is 10.0. The first-order chi connectivity index (χ1) is 7.54. The molecule has 0 aliphatic heterocycles. The standard InChI is InChI=1S/C13H19NO2/c1-4-9(2)11-5-7-12(8-6-11)14-13(16)10(3)15/h5-10,15H,4H2,1-3H3,(H,14,16). The SMILES string of the molecule is CCC(C)c1ccc(NC(=O)C(C)O)cc1. The minimum absolute atomic E-state index is 0.378. The van der Waals surface area contributed by atoms with Crippen LogP contribution in [0.4, 0.5) is 5.69 Å². The van der Waals surface area contributed by atoms with Gasteiger partial charge in [0.05, 0.1) is 0 Å². The number of benzene rings is 1. The lowest BCUT2D eigenvalue weighted by Gasteiger charge is -2.11. The summed E-state index contributed by atoms with van der Waals surface area (Å²) in [4.78, 5) is 11.2. The minimum atomic E-state index is -0.978. The van der Waals surface area contributed by atoms with Gasteiger partial charge in [0.2, 0.25) is 0 Å². The van der Waals surface area contributed by atoms with Crippen LogP contribution in [0.15, 0.2) is 24.3 Å². The molecular weight excluding hydrogens is 202 g/mol. The molecule has 2 N–H and O–H groups in total. The summed E-state index contributed by atoms with van der Waals surface area (Å²) in [5.41, 5.74) is 1.98. The van der Waals surface area contributed by atoms with Crippen LogP contribution in [-0.2, 0) is 4.79 Å². The van der Waals surface area contributed by atoms with Crippen LogP contribution >= 0.6 is 0 Å². The molecule has 3 nitrogen and oxygen atoms in total. The molecule has 16 heavy (non-hydrogen) atoms. The van der Waals surface area contributed by atoms with Crippen LogP contribution in [0.25, 0.3) is 0 Å². The molecule has 1 rings (SSSR count). The Morgan fingerprint density at radius 2 is 1.88 bits per heavy atom. The van der Waals surface area contributed by atoms with E-state index in [-0.39, 0.29) is 5.91 Å². The first-order valence-corrected chi connectivity index (χ1v) is 5.63. The lowest BCUT2D eigenvalue weighted by Crippen LogP contribution is -2.24. The minimum Gasteiger partial charge on any atom is -0.384 e. The van der Waals surface area contributed by atoms with Crippen molar-refractivity contribution in [2.75, 3.05) is 5.32 Å². The maximum absolute atomic E-state index is 11.2. The second kappa shape index (κ2) is 5.66. The van der Waals surface area contributed by atoms with Crippen LogP contribution < -0.4 is 5.32 Å². The number of hydrogen-bond acceptors (Lipinski definition) is 2. The van der Waals surface area contributed by atoms with Gasteiger partial charge in [0.1, 0.15) is 6.10 Å². The Kier molecular flexibility index (Phi) is 4.50. The third-order valence-corrected chi connectivity index (χ3v) is 2.74. The van der Waals surface area contributed by atoms with Gasteiger partial charge in [0, 0.05) is 5.69 Å². The summed E-state index contributed by atoms with van der Waals surface area (Å²) in [6.45, 7) is 5.76. The van der Waals surface area contributed by atoms with E-state index in [9.17, 15) is 4.79 Å². The van der Waals surface area contributed by atoms with E-state index in [0.717, 1.165) is 12.1 Å². The molecule has 0 aliphatic rings. The van der Waals surface area contributed by atoms with Crippen LogP contribution in [0, 0.1) is 0 Å². The molecular formula is C13H19NO2. The van der Waals surface area contributed by atoms with E-state index >= 15 is 0 Å². The van der Waals surface area contributed by atoms with Crippen LogP contribution in [0.2, 0.25) is 0 Å². The third-order valence-electron chi connectivity index (χ3n) is 2.74. The zero-order chi connectivity index (χ0) is 12.1. The van der Waals surface area contributed by atoms with Crippen molar-refractivity contribution in [1.82, 2.24) is 0 Å². The van der Waals surface area contributed by atoms with Crippen molar-refractivity contribution in [3.8, 4) is 0 Å². The van der Waals surface area contributed by atoms with Gasteiger partial charge < -0.3 is 10.4 Å². The average Bonchev–Trinajstić information content (AvgIpc) is 2.28. The molecule has 0 spiro atoms. The number of anilines is 1. The monoisotopic (exact) mass is 221 g/mol. The smallest absolute Gasteiger partial charge is 0.252 e. The summed E-state index contributed by atoms with van der Waals surface area (Å²) in [5, 5.41) is 11.7. The summed E-state index contributed by atoms with van der Waals surface area (Å²) < 4.78 is 0. The summed E-state index contributed by atoms with van der Waals surface area (Å²) in [6.07, 6.45) is 0.119. The van der Waals surface area contributed by atoms with E-state index in [1.807, 2.05) is 24.3 Å². The highest BCUT2D eigenvalue weighted by Gasteiger charge is 2.09. The Hall–Kier alpha value is -1.35. The summed E-state index contributed by atoms with van der Waals surface area (Å²) in [5.74, 6) is 0.151. The summed E-state index contributed by atoms with van der Waals surface area (Å²) in [6, 6.07) is 7.74. The van der Waals surface area contributed by atoms with E-state index < -0.39 is 6.10 Å². The highest BCUT2D eigenvalue weighted by molar-refractivity contribution is 5.93. The Bertz CT molecular complexity index is 343. The first kappa shape index (κ1) is 12.7. The Labute approximate surface area is 96.5 Å². The Morgan fingerprint density at radius 3 is 2.31 bits per heavy atom. The normalized spacial score (nSPS) is 14.2. The van der Waals surface area contributed by atoms with E-state index in [0.29, 0.717) is 5.92 Å². The Morgan fingerprint density at radius 1 is 1.31 bits per heavy atom. The molecule has 0 saturated heterocycles. The second-order valence-electron chi connectivity index (χ2n) is 4.10. The van der Waals surface area contributed by atoms with Gasteiger partial charge in [-0.05, 0) is 37.0 Å². The summed E-state index contributed by atoms with van der Waals surface area (Å²) >= 11 is 0. The highest BCUT2D eigenvalue weighted by atomic mass is 16.3. The first-order valence-electron chi connectivity index (χ1n) is 5.63. The molecule has 0 aromatic heterocycles. The molecule has 0 heterocycles. The van der Waals surface area contributed by atoms with E-state index in [4.69, 9.17) is 5.11 Å². The molecule has 1 aromatic carbocycles. The number of carbonyl (C=O) groups excluding carboxylic acids is 1. The van der Waals surface area contributed by atoms with Crippen molar-refractivity contribution >= 4 is 11.6 Å². The van der Waals surface area contributed by atoms with Gasteiger partial charge in [0.25, 0.3) is 5.91 Å². The fraction of sp³-hybridized carbons (Fsp3) is 0.462. The average molecular weight is 221 g/mol. The molecule has 0 fully saturated rings. The van der Waals surface area contributed by atoms with Gasteiger partial charge in [0.15, 0.2) is 0 Å². The molecule has 1 aromatic rings. The topological polar surface area (TPSA) is 49.3 Å². The van der Waals surface area contributed by atoms with Crippen LogP contribution in [-0.4, -0.2) is 17.1 Å². The molecule has 2 unspecified atom stereocenters. The number of nitrogens with one attached hydrogen (secondary N) is 1. The van der Waals surface area contributed by atoms with Crippen molar-refractivity contribution in [1.29, 1.82) is 0 Å². The van der Waals surface area contributed by atoms with Gasteiger partial charge in [-0.1, -0.05) is 26.0 Å². The number of carbonyl (C=O) groups is 1.